The maximum absolute atomic E-state index is 11.5. The molecule has 2 N–H and O–H groups in total. The minimum atomic E-state index is -0.934. The van der Waals surface area contributed by atoms with Gasteiger partial charge in [0.25, 0.3) is 0 Å². The first-order chi connectivity index (χ1) is 7.36. The third kappa shape index (κ3) is 5.70. The fourth-order valence-corrected chi connectivity index (χ4v) is 1.21. The van der Waals surface area contributed by atoms with E-state index >= 15 is 0 Å². The van der Waals surface area contributed by atoms with E-state index in [4.69, 9.17) is 5.11 Å². The number of nitrogens with one attached hydrogen (secondary N) is 1. The van der Waals surface area contributed by atoms with E-state index in [0.717, 1.165) is 13.0 Å². The summed E-state index contributed by atoms with van der Waals surface area (Å²) in [6, 6.07) is 0. The first kappa shape index (κ1) is 14.9. The van der Waals surface area contributed by atoms with Gasteiger partial charge in [0, 0.05) is 12.5 Å². The van der Waals surface area contributed by atoms with Gasteiger partial charge in [-0.3, -0.25) is 9.59 Å². The molecular weight excluding hydrogens is 208 g/mol. The van der Waals surface area contributed by atoms with Gasteiger partial charge in [0.1, 0.15) is 0 Å². The second kappa shape index (κ2) is 7.22. The normalized spacial score (nSPS) is 14.6. The standard InChI is InChI=1S/C11H22N2O3/c1-8(9(2)11(15)16)10(14)12-6-5-7-13(3)4/h8-9H,5-7H2,1-4H3,(H,12,14)(H,15,16). The molecule has 0 saturated carbocycles. The highest BCUT2D eigenvalue weighted by Gasteiger charge is 2.25. The maximum atomic E-state index is 11.5. The Kier molecular flexibility index (Phi) is 6.72. The van der Waals surface area contributed by atoms with Crippen molar-refractivity contribution in [1.82, 2.24) is 10.2 Å². The van der Waals surface area contributed by atoms with Crippen LogP contribution in [0.15, 0.2) is 0 Å². The molecular formula is C11H22N2O3. The number of rotatable bonds is 7. The van der Waals surface area contributed by atoms with Crippen LogP contribution in [0, 0.1) is 11.8 Å². The second-order valence-corrected chi connectivity index (χ2v) is 4.36. The van der Waals surface area contributed by atoms with Crippen molar-refractivity contribution in [3.8, 4) is 0 Å². The molecule has 5 heteroatoms. The van der Waals surface area contributed by atoms with E-state index in [9.17, 15) is 9.59 Å². The molecule has 0 rings (SSSR count). The van der Waals surface area contributed by atoms with Gasteiger partial charge >= 0.3 is 5.97 Å². The van der Waals surface area contributed by atoms with Crippen LogP contribution in [0.25, 0.3) is 0 Å². The van der Waals surface area contributed by atoms with Crippen LogP contribution >= 0.6 is 0 Å². The predicted octanol–water partition coefficient (Wildman–Crippen LogP) is 0.411. The highest BCUT2D eigenvalue weighted by atomic mass is 16.4. The third-order valence-corrected chi connectivity index (χ3v) is 2.63. The quantitative estimate of drug-likeness (QED) is 0.622. The fraction of sp³-hybridized carbons (Fsp3) is 0.818. The Hall–Kier alpha value is -1.10. The summed E-state index contributed by atoms with van der Waals surface area (Å²) >= 11 is 0. The lowest BCUT2D eigenvalue weighted by atomic mass is 9.95. The van der Waals surface area contributed by atoms with Crippen molar-refractivity contribution in [2.45, 2.75) is 20.3 Å². The molecule has 0 spiro atoms. The SMILES string of the molecule is CC(C(=O)O)C(C)C(=O)NCCCN(C)C. The molecule has 0 aromatic rings. The Morgan fingerprint density at radius 1 is 1.25 bits per heavy atom. The first-order valence-corrected chi connectivity index (χ1v) is 5.51. The van der Waals surface area contributed by atoms with Crippen LogP contribution in [0.2, 0.25) is 0 Å². The van der Waals surface area contributed by atoms with Crippen molar-refractivity contribution < 1.29 is 14.7 Å². The number of hydrogen-bond donors (Lipinski definition) is 2. The average molecular weight is 230 g/mol. The largest absolute Gasteiger partial charge is 0.481 e. The van der Waals surface area contributed by atoms with Crippen LogP contribution in [-0.4, -0.2) is 49.1 Å². The lowest BCUT2D eigenvalue weighted by molar-refractivity contribution is -0.146. The number of carboxylic acids is 1. The smallest absolute Gasteiger partial charge is 0.307 e. The maximum Gasteiger partial charge on any atom is 0.307 e. The summed E-state index contributed by atoms with van der Waals surface area (Å²) in [4.78, 5) is 24.3. The van der Waals surface area contributed by atoms with Gasteiger partial charge in [-0.25, -0.2) is 0 Å². The molecule has 5 nitrogen and oxygen atoms in total. The molecule has 0 saturated heterocycles. The number of carbonyl (C=O) groups is 2. The minimum Gasteiger partial charge on any atom is -0.481 e. The molecule has 0 aliphatic carbocycles. The van der Waals surface area contributed by atoms with Crippen LogP contribution in [0.5, 0.6) is 0 Å². The molecule has 2 atom stereocenters. The molecule has 1 amide bonds. The lowest BCUT2D eigenvalue weighted by Crippen LogP contribution is -2.36. The zero-order valence-corrected chi connectivity index (χ0v) is 10.5. The zero-order valence-electron chi connectivity index (χ0n) is 10.5. The topological polar surface area (TPSA) is 69.6 Å². The van der Waals surface area contributed by atoms with Crippen molar-refractivity contribution in [3.05, 3.63) is 0 Å². The summed E-state index contributed by atoms with van der Waals surface area (Å²) in [5.41, 5.74) is 0. The second-order valence-electron chi connectivity index (χ2n) is 4.36. The van der Waals surface area contributed by atoms with E-state index in [-0.39, 0.29) is 5.91 Å². The fourth-order valence-electron chi connectivity index (χ4n) is 1.21. The third-order valence-electron chi connectivity index (χ3n) is 2.63. The summed E-state index contributed by atoms with van der Waals surface area (Å²) in [5.74, 6) is -2.25. The first-order valence-electron chi connectivity index (χ1n) is 5.51. The van der Waals surface area contributed by atoms with E-state index in [1.165, 1.54) is 0 Å². The van der Waals surface area contributed by atoms with Gasteiger partial charge in [0.2, 0.25) is 5.91 Å². The van der Waals surface area contributed by atoms with Crippen molar-refractivity contribution >= 4 is 11.9 Å². The molecule has 0 radical (unpaired) electrons. The number of carbonyl (C=O) groups excluding carboxylic acids is 1. The van der Waals surface area contributed by atoms with E-state index in [1.807, 2.05) is 19.0 Å². The molecule has 0 heterocycles. The molecule has 0 bridgehead atoms. The number of amides is 1. The molecule has 0 fully saturated rings. The Morgan fingerprint density at radius 3 is 2.25 bits per heavy atom. The number of nitrogens with zero attached hydrogens (tertiary/aromatic N) is 1. The molecule has 0 aliphatic rings. The summed E-state index contributed by atoms with van der Waals surface area (Å²) in [5, 5.41) is 11.5. The van der Waals surface area contributed by atoms with Gasteiger partial charge in [-0.05, 0) is 27.1 Å². The molecule has 0 aliphatic heterocycles. The van der Waals surface area contributed by atoms with Crippen LogP contribution in [0.1, 0.15) is 20.3 Å². The van der Waals surface area contributed by atoms with Crippen molar-refractivity contribution in [2.24, 2.45) is 11.8 Å². The number of hydrogen-bond acceptors (Lipinski definition) is 3. The van der Waals surface area contributed by atoms with Crippen molar-refractivity contribution in [1.29, 1.82) is 0 Å². The average Bonchev–Trinajstić information content (AvgIpc) is 2.21. The van der Waals surface area contributed by atoms with Crippen LogP contribution < -0.4 is 5.32 Å². The molecule has 0 aromatic carbocycles. The van der Waals surface area contributed by atoms with E-state index in [0.29, 0.717) is 6.54 Å². The zero-order chi connectivity index (χ0) is 12.7. The Balaban J connectivity index is 3.84. The van der Waals surface area contributed by atoms with Crippen LogP contribution in [-0.2, 0) is 9.59 Å². The van der Waals surface area contributed by atoms with Gasteiger partial charge in [0.05, 0.1) is 5.92 Å². The molecule has 16 heavy (non-hydrogen) atoms. The van der Waals surface area contributed by atoms with Gasteiger partial charge < -0.3 is 15.3 Å². The summed E-state index contributed by atoms with van der Waals surface area (Å²) in [6.45, 7) is 4.68. The Labute approximate surface area is 96.8 Å². The van der Waals surface area contributed by atoms with E-state index < -0.39 is 17.8 Å². The van der Waals surface area contributed by atoms with Gasteiger partial charge in [-0.2, -0.15) is 0 Å². The Bertz CT molecular complexity index is 241. The monoisotopic (exact) mass is 230 g/mol. The van der Waals surface area contributed by atoms with E-state index in [2.05, 4.69) is 5.32 Å². The summed E-state index contributed by atoms with van der Waals surface area (Å²) in [7, 11) is 3.94. The van der Waals surface area contributed by atoms with E-state index in [1.54, 1.807) is 13.8 Å². The van der Waals surface area contributed by atoms with Crippen LogP contribution in [0.4, 0.5) is 0 Å². The van der Waals surface area contributed by atoms with Crippen molar-refractivity contribution in [2.75, 3.05) is 27.2 Å². The van der Waals surface area contributed by atoms with Gasteiger partial charge in [-0.1, -0.05) is 13.8 Å². The number of carboxylic acid groups (broad SMARTS) is 1. The molecule has 94 valence electrons. The van der Waals surface area contributed by atoms with Gasteiger partial charge in [0.15, 0.2) is 0 Å². The highest BCUT2D eigenvalue weighted by Crippen LogP contribution is 2.10. The Morgan fingerprint density at radius 2 is 1.81 bits per heavy atom. The summed E-state index contributed by atoms with van der Waals surface area (Å²) in [6.07, 6.45) is 0.868. The predicted molar refractivity (Wildman–Crippen MR) is 62.1 cm³/mol. The van der Waals surface area contributed by atoms with Crippen LogP contribution in [0.3, 0.4) is 0 Å². The molecule has 0 aromatic heterocycles. The minimum absolute atomic E-state index is 0.186. The number of aliphatic carboxylic acids is 1. The lowest BCUT2D eigenvalue weighted by Gasteiger charge is -2.16. The van der Waals surface area contributed by atoms with Crippen molar-refractivity contribution in [3.63, 3.8) is 0 Å². The highest BCUT2D eigenvalue weighted by molar-refractivity contribution is 5.84. The summed E-state index contributed by atoms with van der Waals surface area (Å²) < 4.78 is 0. The van der Waals surface area contributed by atoms with Gasteiger partial charge in [-0.15, -0.1) is 0 Å². The molecule has 2 unspecified atom stereocenters.